The summed E-state index contributed by atoms with van der Waals surface area (Å²) in [6.07, 6.45) is -3.50. The minimum absolute atomic E-state index is 0.00746. The van der Waals surface area contributed by atoms with Crippen molar-refractivity contribution >= 4 is 27.5 Å². The van der Waals surface area contributed by atoms with Gasteiger partial charge >= 0.3 is 6.18 Å². The molecular formula is C13H12BrF3N2O. The Hall–Kier alpha value is -1.55. The molecular weight excluding hydrogens is 337 g/mol. The lowest BCUT2D eigenvalue weighted by molar-refractivity contribution is -0.137. The third-order valence-corrected chi connectivity index (χ3v) is 3.00. The van der Waals surface area contributed by atoms with Gasteiger partial charge in [0.15, 0.2) is 0 Å². The molecule has 1 amide bonds. The first-order chi connectivity index (χ1) is 9.27. The molecule has 0 saturated heterocycles. The van der Waals surface area contributed by atoms with E-state index in [9.17, 15) is 18.0 Å². The smallest absolute Gasteiger partial charge is 0.325 e. The lowest BCUT2D eigenvalue weighted by Crippen LogP contribution is -2.21. The van der Waals surface area contributed by atoms with Gasteiger partial charge in [0.2, 0.25) is 5.91 Å². The first-order valence-electron chi connectivity index (χ1n) is 5.86. The van der Waals surface area contributed by atoms with Crippen LogP contribution in [0.2, 0.25) is 0 Å². The molecule has 1 aromatic rings. The number of nitrogens with zero attached hydrogens (tertiary/aromatic N) is 1. The molecule has 0 aliphatic rings. The van der Waals surface area contributed by atoms with Crippen LogP contribution in [0.3, 0.4) is 0 Å². The predicted molar refractivity (Wildman–Crippen MR) is 71.8 cm³/mol. The Balaban J connectivity index is 2.96. The van der Waals surface area contributed by atoms with Crippen LogP contribution in [-0.2, 0) is 11.0 Å². The maximum absolute atomic E-state index is 12.6. The van der Waals surface area contributed by atoms with Gasteiger partial charge in [-0.3, -0.25) is 4.79 Å². The molecule has 0 aliphatic carbocycles. The summed E-state index contributed by atoms with van der Waals surface area (Å²) in [4.78, 5) is 11.8. The summed E-state index contributed by atoms with van der Waals surface area (Å²) in [5, 5.41) is 11.2. The highest BCUT2D eigenvalue weighted by molar-refractivity contribution is 9.10. The summed E-state index contributed by atoms with van der Waals surface area (Å²) < 4.78 is 38.1. The van der Waals surface area contributed by atoms with Crippen molar-refractivity contribution in [2.24, 2.45) is 5.92 Å². The maximum atomic E-state index is 12.6. The highest BCUT2D eigenvalue weighted by atomic mass is 79.9. The molecule has 108 valence electrons. The average molecular weight is 349 g/mol. The molecule has 1 unspecified atom stereocenters. The number of hydrogen-bond donors (Lipinski definition) is 1. The van der Waals surface area contributed by atoms with Crippen LogP contribution in [0.1, 0.15) is 25.3 Å². The monoisotopic (exact) mass is 348 g/mol. The van der Waals surface area contributed by atoms with Gasteiger partial charge in [-0.25, -0.2) is 0 Å². The summed E-state index contributed by atoms with van der Waals surface area (Å²) in [5.41, 5.74) is -0.862. The van der Waals surface area contributed by atoms with E-state index in [1.807, 2.05) is 13.0 Å². The number of nitrogens with one attached hydrogen (secondary N) is 1. The number of rotatable bonds is 4. The molecule has 1 aromatic carbocycles. The van der Waals surface area contributed by atoms with Crippen LogP contribution in [0.25, 0.3) is 0 Å². The number of alkyl halides is 3. The lowest BCUT2D eigenvalue weighted by atomic mass is 10.0. The Morgan fingerprint density at radius 2 is 2.10 bits per heavy atom. The topological polar surface area (TPSA) is 52.9 Å². The Labute approximate surface area is 122 Å². The number of anilines is 1. The highest BCUT2D eigenvalue weighted by Crippen LogP contribution is 2.33. The highest BCUT2D eigenvalue weighted by Gasteiger charge is 2.31. The fourth-order valence-corrected chi connectivity index (χ4v) is 2.09. The molecule has 0 aromatic heterocycles. The third kappa shape index (κ3) is 4.53. The molecule has 0 radical (unpaired) electrons. The van der Waals surface area contributed by atoms with Crippen molar-refractivity contribution in [1.29, 1.82) is 5.26 Å². The van der Waals surface area contributed by atoms with Gasteiger partial charge in [0.25, 0.3) is 0 Å². The predicted octanol–water partition coefficient (Wildman–Crippen LogP) is 4.35. The van der Waals surface area contributed by atoms with E-state index < -0.39 is 23.6 Å². The quantitative estimate of drug-likeness (QED) is 0.879. The van der Waals surface area contributed by atoms with E-state index in [1.165, 1.54) is 6.07 Å². The second-order valence-corrected chi connectivity index (χ2v) is 5.10. The number of benzene rings is 1. The van der Waals surface area contributed by atoms with Gasteiger partial charge in [0.1, 0.15) is 5.92 Å². The number of amides is 1. The van der Waals surface area contributed by atoms with E-state index in [-0.39, 0.29) is 10.2 Å². The molecule has 1 N–H and O–H groups in total. The molecule has 0 saturated carbocycles. The maximum Gasteiger partial charge on any atom is 0.416 e. The van der Waals surface area contributed by atoms with Crippen LogP contribution in [-0.4, -0.2) is 5.91 Å². The molecule has 0 fully saturated rings. The Morgan fingerprint density at radius 1 is 1.45 bits per heavy atom. The zero-order valence-corrected chi connectivity index (χ0v) is 12.2. The molecule has 0 heterocycles. The van der Waals surface area contributed by atoms with Gasteiger partial charge in [0.05, 0.1) is 11.6 Å². The van der Waals surface area contributed by atoms with E-state index >= 15 is 0 Å². The minimum atomic E-state index is -4.50. The van der Waals surface area contributed by atoms with Gasteiger partial charge in [-0.15, -0.1) is 0 Å². The summed E-state index contributed by atoms with van der Waals surface area (Å²) in [6, 6.07) is 4.95. The van der Waals surface area contributed by atoms with Crippen molar-refractivity contribution in [3.05, 3.63) is 28.2 Å². The van der Waals surface area contributed by atoms with Crippen LogP contribution in [0.4, 0.5) is 18.9 Å². The zero-order valence-electron chi connectivity index (χ0n) is 10.6. The lowest BCUT2D eigenvalue weighted by Gasteiger charge is -2.12. The minimum Gasteiger partial charge on any atom is -0.325 e. The molecule has 0 aliphatic heterocycles. The van der Waals surface area contributed by atoms with Crippen molar-refractivity contribution in [2.45, 2.75) is 25.9 Å². The fourth-order valence-electron chi connectivity index (χ4n) is 1.60. The van der Waals surface area contributed by atoms with E-state index in [0.717, 1.165) is 12.1 Å². The molecule has 0 bridgehead atoms. The van der Waals surface area contributed by atoms with Gasteiger partial charge in [-0.2, -0.15) is 18.4 Å². The summed E-state index contributed by atoms with van der Waals surface area (Å²) in [5.74, 6) is -1.46. The molecule has 20 heavy (non-hydrogen) atoms. The number of hydrogen-bond acceptors (Lipinski definition) is 2. The Kier molecular flexibility index (Phi) is 5.57. The van der Waals surface area contributed by atoms with Gasteiger partial charge < -0.3 is 5.32 Å². The van der Waals surface area contributed by atoms with Gasteiger partial charge in [0, 0.05) is 10.2 Å². The number of carbonyl (C=O) groups is 1. The normalized spacial score (nSPS) is 12.6. The SMILES string of the molecule is CCCC(C#N)C(=O)Nc1cc(Br)cc(C(F)(F)F)c1. The van der Waals surface area contributed by atoms with Crippen LogP contribution in [0, 0.1) is 17.2 Å². The second-order valence-electron chi connectivity index (χ2n) is 4.19. The van der Waals surface area contributed by atoms with Crippen molar-refractivity contribution < 1.29 is 18.0 Å². The van der Waals surface area contributed by atoms with E-state index in [1.54, 1.807) is 0 Å². The standard InChI is InChI=1S/C13H12BrF3N2O/c1-2-3-8(7-18)12(20)19-11-5-9(13(15,16)17)4-10(14)6-11/h4-6,8H,2-3H2,1H3,(H,19,20). The second kappa shape index (κ2) is 6.75. The zero-order chi connectivity index (χ0) is 15.3. The number of halogens is 4. The molecule has 1 rings (SSSR count). The molecule has 7 heteroatoms. The third-order valence-electron chi connectivity index (χ3n) is 2.54. The number of carbonyl (C=O) groups excluding carboxylic acids is 1. The van der Waals surface area contributed by atoms with E-state index in [4.69, 9.17) is 5.26 Å². The largest absolute Gasteiger partial charge is 0.416 e. The van der Waals surface area contributed by atoms with Crippen molar-refractivity contribution in [3.8, 4) is 6.07 Å². The average Bonchev–Trinajstić information content (AvgIpc) is 2.33. The fraction of sp³-hybridized carbons (Fsp3) is 0.385. The summed E-state index contributed by atoms with van der Waals surface area (Å²) in [6.45, 7) is 1.82. The summed E-state index contributed by atoms with van der Waals surface area (Å²) in [7, 11) is 0. The first kappa shape index (κ1) is 16.5. The van der Waals surface area contributed by atoms with Crippen molar-refractivity contribution in [2.75, 3.05) is 5.32 Å². The Bertz CT molecular complexity index is 537. The van der Waals surface area contributed by atoms with Crippen LogP contribution in [0.15, 0.2) is 22.7 Å². The van der Waals surface area contributed by atoms with Crippen LogP contribution < -0.4 is 5.32 Å². The van der Waals surface area contributed by atoms with Gasteiger partial charge in [-0.05, 0) is 24.6 Å². The molecule has 3 nitrogen and oxygen atoms in total. The van der Waals surface area contributed by atoms with E-state index in [2.05, 4.69) is 21.2 Å². The van der Waals surface area contributed by atoms with Crippen LogP contribution >= 0.6 is 15.9 Å². The van der Waals surface area contributed by atoms with E-state index in [0.29, 0.717) is 12.8 Å². The van der Waals surface area contributed by atoms with Crippen molar-refractivity contribution in [1.82, 2.24) is 0 Å². The first-order valence-corrected chi connectivity index (χ1v) is 6.65. The molecule has 1 atom stereocenters. The Morgan fingerprint density at radius 3 is 2.60 bits per heavy atom. The van der Waals surface area contributed by atoms with Crippen LogP contribution in [0.5, 0.6) is 0 Å². The molecule has 0 spiro atoms. The van der Waals surface area contributed by atoms with Gasteiger partial charge in [-0.1, -0.05) is 29.3 Å². The van der Waals surface area contributed by atoms with Crippen molar-refractivity contribution in [3.63, 3.8) is 0 Å². The number of nitriles is 1. The summed E-state index contributed by atoms with van der Waals surface area (Å²) >= 11 is 2.96.